The Morgan fingerprint density at radius 3 is 2.62 bits per heavy atom. The molecule has 0 saturated carbocycles. The van der Waals surface area contributed by atoms with Gasteiger partial charge >= 0.3 is 0 Å². The highest BCUT2D eigenvalue weighted by Gasteiger charge is 2.11. The lowest BCUT2D eigenvalue weighted by molar-refractivity contribution is 0.0777. The van der Waals surface area contributed by atoms with Crippen molar-refractivity contribution in [2.24, 2.45) is 0 Å². The van der Waals surface area contributed by atoms with E-state index in [4.69, 9.17) is 9.47 Å². The topological polar surface area (TPSA) is 18.5 Å². The first-order valence-corrected chi connectivity index (χ1v) is 4.18. The highest BCUT2D eigenvalue weighted by molar-refractivity contribution is 5.29. The summed E-state index contributed by atoms with van der Waals surface area (Å²) < 4.78 is 10.5. The molecule has 0 radical (unpaired) electrons. The maximum absolute atomic E-state index is 5.27. The standard InChI is InChI=1S/C11H14O2/c1-4-5-6-10-11(7-9(2)3)13-8-12-10/h4-7H,1,8H2,2-3H3/b6-5+. The summed E-state index contributed by atoms with van der Waals surface area (Å²) in [6.07, 6.45) is 7.32. The monoisotopic (exact) mass is 178 g/mol. The summed E-state index contributed by atoms with van der Waals surface area (Å²) in [5, 5.41) is 0. The molecule has 0 bridgehead atoms. The number of ether oxygens (including phenoxy) is 2. The Morgan fingerprint density at radius 2 is 2.00 bits per heavy atom. The second-order valence-electron chi connectivity index (χ2n) is 2.95. The first-order chi connectivity index (χ1) is 6.24. The molecule has 0 aromatic rings. The van der Waals surface area contributed by atoms with Gasteiger partial charge in [0.25, 0.3) is 0 Å². The van der Waals surface area contributed by atoms with Crippen molar-refractivity contribution >= 4 is 0 Å². The van der Waals surface area contributed by atoms with E-state index >= 15 is 0 Å². The number of rotatable bonds is 3. The van der Waals surface area contributed by atoms with Crippen molar-refractivity contribution in [1.82, 2.24) is 0 Å². The van der Waals surface area contributed by atoms with Gasteiger partial charge in [0.15, 0.2) is 11.5 Å². The fourth-order valence-corrected chi connectivity index (χ4v) is 0.959. The van der Waals surface area contributed by atoms with Crippen molar-refractivity contribution in [2.75, 3.05) is 6.79 Å². The quantitative estimate of drug-likeness (QED) is 0.618. The van der Waals surface area contributed by atoms with Crippen LogP contribution in [0.2, 0.25) is 0 Å². The molecule has 1 aliphatic rings. The summed E-state index contributed by atoms with van der Waals surface area (Å²) in [4.78, 5) is 0. The summed E-state index contributed by atoms with van der Waals surface area (Å²) in [6, 6.07) is 0. The minimum atomic E-state index is 0.302. The van der Waals surface area contributed by atoms with Crippen LogP contribution in [0.15, 0.2) is 48.0 Å². The molecule has 1 heterocycles. The lowest BCUT2D eigenvalue weighted by Gasteiger charge is -1.94. The lowest BCUT2D eigenvalue weighted by Crippen LogP contribution is -1.81. The average molecular weight is 178 g/mol. The molecule has 0 N–H and O–H groups in total. The summed E-state index contributed by atoms with van der Waals surface area (Å²) in [7, 11) is 0. The summed E-state index contributed by atoms with van der Waals surface area (Å²) in [5.41, 5.74) is 1.19. The third-order valence-electron chi connectivity index (χ3n) is 1.48. The van der Waals surface area contributed by atoms with E-state index in [-0.39, 0.29) is 0 Å². The fraction of sp³-hybridized carbons (Fsp3) is 0.273. The molecule has 2 nitrogen and oxygen atoms in total. The van der Waals surface area contributed by atoms with Crippen molar-refractivity contribution < 1.29 is 9.47 Å². The Balaban J connectivity index is 2.83. The van der Waals surface area contributed by atoms with Crippen LogP contribution < -0.4 is 0 Å². The fourth-order valence-electron chi connectivity index (χ4n) is 0.959. The van der Waals surface area contributed by atoms with Crippen LogP contribution in [0.25, 0.3) is 0 Å². The van der Waals surface area contributed by atoms with Crippen LogP contribution in [-0.2, 0) is 9.47 Å². The van der Waals surface area contributed by atoms with Crippen LogP contribution in [0.3, 0.4) is 0 Å². The Labute approximate surface area is 78.9 Å². The van der Waals surface area contributed by atoms with E-state index in [0.29, 0.717) is 6.79 Å². The molecule has 2 heteroatoms. The van der Waals surface area contributed by atoms with Gasteiger partial charge < -0.3 is 9.47 Å². The van der Waals surface area contributed by atoms with E-state index in [1.165, 1.54) is 5.57 Å². The van der Waals surface area contributed by atoms with Crippen molar-refractivity contribution in [3.63, 3.8) is 0 Å². The molecule has 0 aromatic heterocycles. The molecule has 0 unspecified atom stereocenters. The van der Waals surface area contributed by atoms with E-state index in [9.17, 15) is 0 Å². The molecule has 13 heavy (non-hydrogen) atoms. The molecule has 0 aromatic carbocycles. The molecule has 0 amide bonds. The van der Waals surface area contributed by atoms with Gasteiger partial charge in [0, 0.05) is 0 Å². The molecule has 0 aliphatic carbocycles. The van der Waals surface area contributed by atoms with Gasteiger partial charge in [-0.1, -0.05) is 24.3 Å². The Bertz CT molecular complexity index is 278. The van der Waals surface area contributed by atoms with Crippen molar-refractivity contribution in [3.05, 3.63) is 48.0 Å². The molecule has 70 valence electrons. The van der Waals surface area contributed by atoms with Gasteiger partial charge in [-0.3, -0.25) is 0 Å². The third kappa shape index (κ3) is 2.82. The van der Waals surface area contributed by atoms with E-state index in [1.54, 1.807) is 6.08 Å². The van der Waals surface area contributed by atoms with Crippen LogP contribution in [0.5, 0.6) is 0 Å². The summed E-state index contributed by atoms with van der Waals surface area (Å²) in [6.45, 7) is 7.92. The Morgan fingerprint density at radius 1 is 1.31 bits per heavy atom. The largest absolute Gasteiger partial charge is 0.454 e. The van der Waals surface area contributed by atoms with E-state index < -0.39 is 0 Å². The molecule has 0 atom stereocenters. The smallest absolute Gasteiger partial charge is 0.231 e. The van der Waals surface area contributed by atoms with Gasteiger partial charge in [-0.25, -0.2) is 0 Å². The minimum absolute atomic E-state index is 0.302. The minimum Gasteiger partial charge on any atom is -0.454 e. The van der Waals surface area contributed by atoms with Crippen molar-refractivity contribution in [1.29, 1.82) is 0 Å². The maximum atomic E-state index is 5.27. The summed E-state index contributed by atoms with van der Waals surface area (Å²) >= 11 is 0. The van der Waals surface area contributed by atoms with Crippen molar-refractivity contribution in [3.8, 4) is 0 Å². The van der Waals surface area contributed by atoms with Crippen molar-refractivity contribution in [2.45, 2.75) is 13.8 Å². The van der Waals surface area contributed by atoms with E-state index in [2.05, 4.69) is 6.58 Å². The first-order valence-electron chi connectivity index (χ1n) is 4.18. The van der Waals surface area contributed by atoms with Crippen LogP contribution in [0.1, 0.15) is 13.8 Å². The zero-order valence-electron chi connectivity index (χ0n) is 8.04. The van der Waals surface area contributed by atoms with Gasteiger partial charge in [-0.15, -0.1) is 0 Å². The SMILES string of the molecule is C=C/C=C/C1=C(C=C(C)C)OCO1. The zero-order valence-corrected chi connectivity index (χ0v) is 8.04. The lowest BCUT2D eigenvalue weighted by atomic mass is 10.2. The highest BCUT2D eigenvalue weighted by atomic mass is 16.7. The second-order valence-corrected chi connectivity index (χ2v) is 2.95. The summed E-state index contributed by atoms with van der Waals surface area (Å²) in [5.74, 6) is 1.55. The molecule has 1 aliphatic heterocycles. The predicted octanol–water partition coefficient (Wildman–Crippen LogP) is 2.91. The van der Waals surface area contributed by atoms with E-state index in [1.807, 2.05) is 32.1 Å². The Hall–Kier alpha value is -1.44. The molecular weight excluding hydrogens is 164 g/mol. The molecule has 0 spiro atoms. The average Bonchev–Trinajstić information content (AvgIpc) is 2.48. The molecular formula is C11H14O2. The highest BCUT2D eigenvalue weighted by Crippen LogP contribution is 2.19. The number of hydrogen-bond acceptors (Lipinski definition) is 2. The zero-order chi connectivity index (χ0) is 9.68. The van der Waals surface area contributed by atoms with Gasteiger partial charge in [0.05, 0.1) is 0 Å². The molecule has 0 fully saturated rings. The third-order valence-corrected chi connectivity index (χ3v) is 1.48. The van der Waals surface area contributed by atoms with Crippen LogP contribution in [0.4, 0.5) is 0 Å². The van der Waals surface area contributed by atoms with Gasteiger partial charge in [0.2, 0.25) is 6.79 Å². The van der Waals surface area contributed by atoms with Gasteiger partial charge in [-0.05, 0) is 26.0 Å². The van der Waals surface area contributed by atoms with E-state index in [0.717, 1.165) is 11.5 Å². The second kappa shape index (κ2) is 4.55. The molecule has 1 rings (SSSR count). The van der Waals surface area contributed by atoms with Gasteiger partial charge in [-0.2, -0.15) is 0 Å². The van der Waals surface area contributed by atoms with Gasteiger partial charge in [0.1, 0.15) is 0 Å². The molecule has 0 saturated heterocycles. The maximum Gasteiger partial charge on any atom is 0.231 e. The number of allylic oxidation sites excluding steroid dienone is 5. The number of hydrogen-bond donors (Lipinski definition) is 0. The van der Waals surface area contributed by atoms with Crippen LogP contribution in [0, 0.1) is 0 Å². The van der Waals surface area contributed by atoms with Crippen LogP contribution >= 0.6 is 0 Å². The normalized spacial score (nSPS) is 15.5. The van der Waals surface area contributed by atoms with Crippen LogP contribution in [-0.4, -0.2) is 6.79 Å². The predicted molar refractivity (Wildman–Crippen MR) is 52.8 cm³/mol. The first kappa shape index (κ1) is 9.65. The Kier molecular flexibility index (Phi) is 3.38.